The van der Waals surface area contributed by atoms with Crippen molar-refractivity contribution < 1.29 is 4.74 Å². The quantitative estimate of drug-likeness (QED) is 0.651. The maximum absolute atomic E-state index is 5.31. The molecule has 1 aromatic rings. The predicted octanol–water partition coefficient (Wildman–Crippen LogP) is 3.16. The molecule has 4 heteroatoms. The van der Waals surface area contributed by atoms with Crippen LogP contribution in [0.2, 0.25) is 0 Å². The molecule has 1 N–H and O–H groups in total. The van der Waals surface area contributed by atoms with Gasteiger partial charge in [-0.15, -0.1) is 0 Å². The molecule has 1 rings (SSSR count). The van der Waals surface area contributed by atoms with Crippen LogP contribution in [0.4, 0.5) is 5.95 Å². The largest absolute Gasteiger partial charge is 0.382 e. The highest BCUT2D eigenvalue weighted by Gasteiger charge is 2.02. The molecule has 1 heterocycles. The summed E-state index contributed by atoms with van der Waals surface area (Å²) in [7, 11) is 0. The van der Waals surface area contributed by atoms with E-state index in [1.807, 2.05) is 19.3 Å². The second kappa shape index (κ2) is 8.97. The van der Waals surface area contributed by atoms with E-state index in [-0.39, 0.29) is 0 Å². The number of hydrogen-bond donors (Lipinski definition) is 1. The summed E-state index contributed by atoms with van der Waals surface area (Å²) in [6.45, 7) is 10.1. The van der Waals surface area contributed by atoms with Gasteiger partial charge in [0.1, 0.15) is 0 Å². The lowest BCUT2D eigenvalue weighted by Crippen LogP contribution is -2.11. The van der Waals surface area contributed by atoms with Crippen molar-refractivity contribution in [1.29, 1.82) is 0 Å². The Bertz CT molecular complexity index is 310. The van der Waals surface area contributed by atoms with Crippen LogP contribution in [-0.4, -0.2) is 29.3 Å². The number of nitrogens with one attached hydrogen (secondary N) is 1. The van der Waals surface area contributed by atoms with Gasteiger partial charge in [-0.3, -0.25) is 0 Å². The third kappa shape index (κ3) is 6.05. The minimum atomic E-state index is 0.774. The van der Waals surface area contributed by atoms with Crippen LogP contribution in [0, 0.1) is 5.92 Å². The molecule has 0 radical (unpaired) electrons. The minimum Gasteiger partial charge on any atom is -0.382 e. The van der Waals surface area contributed by atoms with Crippen LogP contribution in [0.25, 0.3) is 0 Å². The summed E-state index contributed by atoms with van der Waals surface area (Å²) in [5.41, 5.74) is 0. The topological polar surface area (TPSA) is 39.1 Å². The number of nitrogens with zero attached hydrogens (tertiary/aromatic N) is 2. The van der Waals surface area contributed by atoms with Crippen LogP contribution in [0.1, 0.15) is 40.0 Å². The van der Waals surface area contributed by atoms with Gasteiger partial charge in [0.2, 0.25) is 5.95 Å². The molecule has 0 bridgehead atoms. The van der Waals surface area contributed by atoms with Gasteiger partial charge in [0.25, 0.3) is 0 Å². The molecule has 0 aromatic carbocycles. The van der Waals surface area contributed by atoms with Crippen molar-refractivity contribution >= 4 is 5.95 Å². The van der Waals surface area contributed by atoms with E-state index in [4.69, 9.17) is 4.74 Å². The first-order valence-corrected chi connectivity index (χ1v) is 7.06. The van der Waals surface area contributed by atoms with Crippen LogP contribution < -0.4 is 5.32 Å². The average Bonchev–Trinajstić information content (AvgIpc) is 2.76. The second-order valence-electron chi connectivity index (χ2n) is 4.96. The monoisotopic (exact) mass is 253 g/mol. The Kier molecular flexibility index (Phi) is 7.49. The molecule has 0 saturated heterocycles. The number of anilines is 1. The van der Waals surface area contributed by atoms with Crippen LogP contribution in [0.5, 0.6) is 0 Å². The molecule has 4 nitrogen and oxygen atoms in total. The van der Waals surface area contributed by atoms with Gasteiger partial charge < -0.3 is 14.6 Å². The maximum Gasteiger partial charge on any atom is 0.202 e. The maximum atomic E-state index is 5.31. The van der Waals surface area contributed by atoms with E-state index in [1.165, 1.54) is 12.8 Å². The van der Waals surface area contributed by atoms with Crippen LogP contribution in [0.15, 0.2) is 12.4 Å². The van der Waals surface area contributed by atoms with E-state index < -0.39 is 0 Å². The van der Waals surface area contributed by atoms with Gasteiger partial charge in [0.05, 0.1) is 0 Å². The summed E-state index contributed by atoms with van der Waals surface area (Å²) in [6, 6.07) is 0. The number of hydrogen-bond acceptors (Lipinski definition) is 3. The van der Waals surface area contributed by atoms with Crippen LogP contribution in [-0.2, 0) is 11.3 Å². The van der Waals surface area contributed by atoms with Crippen molar-refractivity contribution in [2.45, 2.75) is 46.6 Å². The molecule has 18 heavy (non-hydrogen) atoms. The van der Waals surface area contributed by atoms with Crippen molar-refractivity contribution in [3.63, 3.8) is 0 Å². The molecular formula is C14H27N3O. The molecule has 104 valence electrons. The van der Waals surface area contributed by atoms with Gasteiger partial charge >= 0.3 is 0 Å². The summed E-state index contributed by atoms with van der Waals surface area (Å²) < 4.78 is 7.50. The normalized spacial score (nSPS) is 11.1. The Balaban J connectivity index is 2.22. The number of aromatic nitrogens is 2. The average molecular weight is 253 g/mol. The molecule has 0 atom stereocenters. The molecular weight excluding hydrogens is 226 g/mol. The Hall–Kier alpha value is -1.03. The molecule has 1 aromatic heterocycles. The molecule has 0 aliphatic carbocycles. The van der Waals surface area contributed by atoms with Gasteiger partial charge in [-0.25, -0.2) is 4.98 Å². The molecule has 0 saturated carbocycles. The highest BCUT2D eigenvalue weighted by atomic mass is 16.5. The molecule has 0 amide bonds. The second-order valence-corrected chi connectivity index (χ2v) is 4.96. The van der Waals surface area contributed by atoms with Gasteiger partial charge in [0.15, 0.2) is 0 Å². The Morgan fingerprint density at radius 3 is 2.94 bits per heavy atom. The van der Waals surface area contributed by atoms with Crippen molar-refractivity contribution in [2.75, 3.05) is 25.1 Å². The Morgan fingerprint density at radius 1 is 1.39 bits per heavy atom. The van der Waals surface area contributed by atoms with Gasteiger partial charge in [0, 0.05) is 38.7 Å². The highest BCUT2D eigenvalue weighted by Crippen LogP contribution is 2.09. The predicted molar refractivity (Wildman–Crippen MR) is 75.9 cm³/mol. The SMILES string of the molecule is CCOCCCNc1nccn1CCCC(C)C. The summed E-state index contributed by atoms with van der Waals surface area (Å²) in [5, 5.41) is 3.36. The molecule has 0 aliphatic heterocycles. The van der Waals surface area contributed by atoms with E-state index in [9.17, 15) is 0 Å². The van der Waals surface area contributed by atoms with Crippen molar-refractivity contribution in [3.05, 3.63) is 12.4 Å². The molecule has 0 spiro atoms. The third-order valence-corrected chi connectivity index (χ3v) is 2.85. The zero-order valence-corrected chi connectivity index (χ0v) is 12.0. The van der Waals surface area contributed by atoms with E-state index in [1.54, 1.807) is 0 Å². The summed E-state index contributed by atoms with van der Waals surface area (Å²) in [4.78, 5) is 4.34. The van der Waals surface area contributed by atoms with Crippen LogP contribution >= 0.6 is 0 Å². The lowest BCUT2D eigenvalue weighted by molar-refractivity contribution is 0.147. The zero-order chi connectivity index (χ0) is 13.2. The van der Waals surface area contributed by atoms with E-state index >= 15 is 0 Å². The van der Waals surface area contributed by atoms with Crippen molar-refractivity contribution in [2.24, 2.45) is 5.92 Å². The molecule has 0 unspecified atom stereocenters. The number of ether oxygens (including phenoxy) is 1. The lowest BCUT2D eigenvalue weighted by atomic mass is 10.1. The fourth-order valence-corrected chi connectivity index (χ4v) is 1.85. The Morgan fingerprint density at radius 2 is 2.22 bits per heavy atom. The minimum absolute atomic E-state index is 0.774. The Labute approximate surface area is 111 Å². The van der Waals surface area contributed by atoms with Crippen LogP contribution in [0.3, 0.4) is 0 Å². The zero-order valence-electron chi connectivity index (χ0n) is 12.0. The first-order valence-electron chi connectivity index (χ1n) is 7.06. The third-order valence-electron chi connectivity index (χ3n) is 2.85. The summed E-state index contributed by atoms with van der Waals surface area (Å²) >= 11 is 0. The molecule has 0 aliphatic rings. The van der Waals surface area contributed by atoms with Gasteiger partial charge in [-0.1, -0.05) is 13.8 Å². The number of aryl methyl sites for hydroxylation is 1. The van der Waals surface area contributed by atoms with E-state index in [0.29, 0.717) is 0 Å². The molecule has 0 fully saturated rings. The van der Waals surface area contributed by atoms with Crippen molar-refractivity contribution in [1.82, 2.24) is 9.55 Å². The standard InChI is InChI=1S/C14H27N3O/c1-4-18-12-6-8-15-14-16-9-11-17(14)10-5-7-13(2)3/h9,11,13H,4-8,10,12H2,1-3H3,(H,15,16). The fraction of sp³-hybridized carbons (Fsp3) is 0.786. The van der Waals surface area contributed by atoms with E-state index in [2.05, 4.69) is 28.7 Å². The van der Waals surface area contributed by atoms with Crippen molar-refractivity contribution in [3.8, 4) is 0 Å². The highest BCUT2D eigenvalue weighted by molar-refractivity contribution is 5.25. The van der Waals surface area contributed by atoms with Gasteiger partial charge in [-0.2, -0.15) is 0 Å². The first kappa shape index (κ1) is 15.0. The number of rotatable bonds is 10. The first-order chi connectivity index (χ1) is 8.74. The summed E-state index contributed by atoms with van der Waals surface area (Å²) in [6.07, 6.45) is 7.40. The fourth-order valence-electron chi connectivity index (χ4n) is 1.85. The smallest absolute Gasteiger partial charge is 0.202 e. The summed E-state index contributed by atoms with van der Waals surface area (Å²) in [5.74, 6) is 1.76. The van der Waals surface area contributed by atoms with Gasteiger partial charge in [-0.05, 0) is 32.1 Å². The lowest BCUT2D eigenvalue weighted by Gasteiger charge is -2.10. The number of imidazole rings is 1. The van der Waals surface area contributed by atoms with E-state index in [0.717, 1.165) is 44.6 Å².